The van der Waals surface area contributed by atoms with E-state index in [0.29, 0.717) is 38.0 Å². The smallest absolute Gasteiger partial charge is 0.430 e. The number of alkyl halides is 3. The number of benzene rings is 1. The van der Waals surface area contributed by atoms with Gasteiger partial charge in [0.15, 0.2) is 5.60 Å². The van der Waals surface area contributed by atoms with E-state index in [1.165, 1.54) is 12.1 Å². The first kappa shape index (κ1) is 15.1. The number of cyclic esters (lactones) is 1. The van der Waals surface area contributed by atoms with E-state index >= 15 is 0 Å². The fourth-order valence-corrected chi connectivity index (χ4v) is 2.90. The quantitative estimate of drug-likeness (QED) is 0.786. The molecule has 120 valence electrons. The third-order valence-electron chi connectivity index (χ3n) is 4.18. The van der Waals surface area contributed by atoms with Gasteiger partial charge in [-0.1, -0.05) is 18.2 Å². The summed E-state index contributed by atoms with van der Waals surface area (Å²) in [6.07, 6.45) is -3.68. The fourth-order valence-electron chi connectivity index (χ4n) is 2.90. The molecule has 22 heavy (non-hydrogen) atoms. The number of carbonyl (C=O) groups excluding carboxylic acids is 1. The Labute approximate surface area is 125 Å². The van der Waals surface area contributed by atoms with Crippen LogP contribution in [0.5, 0.6) is 0 Å². The summed E-state index contributed by atoms with van der Waals surface area (Å²) in [5, 5.41) is 0. The summed E-state index contributed by atoms with van der Waals surface area (Å²) in [5.74, 6) is 0. The topological polar surface area (TPSA) is 38.8 Å². The minimum atomic E-state index is -4.32. The van der Waals surface area contributed by atoms with Crippen LogP contribution in [0.4, 0.5) is 18.0 Å². The molecule has 2 aliphatic rings. The van der Waals surface area contributed by atoms with Crippen LogP contribution >= 0.6 is 0 Å². The molecule has 3 rings (SSSR count). The van der Waals surface area contributed by atoms with Crippen molar-refractivity contribution in [2.45, 2.75) is 31.2 Å². The van der Waals surface area contributed by atoms with Crippen LogP contribution in [0.3, 0.4) is 0 Å². The van der Waals surface area contributed by atoms with Crippen LogP contribution in [0.1, 0.15) is 24.0 Å². The molecule has 2 fully saturated rings. The van der Waals surface area contributed by atoms with Gasteiger partial charge >= 0.3 is 12.3 Å². The van der Waals surface area contributed by atoms with Crippen molar-refractivity contribution in [3.8, 4) is 0 Å². The standard InChI is InChI=1S/C15H16F3NO3/c16-15(17,18)12-3-1-2-11(8-12)9-19-6-4-14(5-7-19)10-21-13(20)22-14/h1-3,8H,4-7,9-10H2. The van der Waals surface area contributed by atoms with E-state index in [1.807, 2.05) is 0 Å². The van der Waals surface area contributed by atoms with Crippen molar-refractivity contribution < 1.29 is 27.4 Å². The second-order valence-electron chi connectivity index (χ2n) is 5.80. The molecular formula is C15H16F3NO3. The fraction of sp³-hybridized carbons (Fsp3) is 0.533. The van der Waals surface area contributed by atoms with Crippen molar-refractivity contribution in [1.29, 1.82) is 0 Å². The summed E-state index contributed by atoms with van der Waals surface area (Å²) in [4.78, 5) is 13.1. The van der Waals surface area contributed by atoms with Crippen molar-refractivity contribution in [3.63, 3.8) is 0 Å². The lowest BCUT2D eigenvalue weighted by Crippen LogP contribution is -2.45. The Kier molecular flexibility index (Phi) is 3.76. The van der Waals surface area contributed by atoms with E-state index in [0.717, 1.165) is 6.07 Å². The molecule has 2 saturated heterocycles. The van der Waals surface area contributed by atoms with E-state index in [2.05, 4.69) is 4.90 Å². The normalized spacial score (nSPS) is 21.7. The van der Waals surface area contributed by atoms with Crippen molar-refractivity contribution in [1.82, 2.24) is 4.90 Å². The Morgan fingerprint density at radius 3 is 2.55 bits per heavy atom. The first-order chi connectivity index (χ1) is 10.4. The lowest BCUT2D eigenvalue weighted by molar-refractivity contribution is -0.137. The van der Waals surface area contributed by atoms with Crippen LogP contribution in [0.25, 0.3) is 0 Å². The number of likely N-dealkylation sites (tertiary alicyclic amines) is 1. The average molecular weight is 315 g/mol. The van der Waals surface area contributed by atoms with E-state index in [1.54, 1.807) is 6.07 Å². The van der Waals surface area contributed by atoms with Gasteiger partial charge in [-0.15, -0.1) is 0 Å². The summed E-state index contributed by atoms with van der Waals surface area (Å²) in [6.45, 7) is 2.04. The first-order valence-electron chi connectivity index (χ1n) is 7.11. The van der Waals surface area contributed by atoms with Gasteiger partial charge in [0.05, 0.1) is 5.56 Å². The molecule has 0 aromatic heterocycles. The van der Waals surface area contributed by atoms with Crippen LogP contribution in [0, 0.1) is 0 Å². The molecule has 0 N–H and O–H groups in total. The van der Waals surface area contributed by atoms with Crippen molar-refractivity contribution in [2.24, 2.45) is 0 Å². The van der Waals surface area contributed by atoms with Crippen LogP contribution in [-0.4, -0.2) is 36.4 Å². The lowest BCUT2D eigenvalue weighted by atomic mass is 9.92. The maximum atomic E-state index is 12.7. The molecular weight excluding hydrogens is 299 g/mol. The number of carbonyl (C=O) groups is 1. The Hall–Kier alpha value is -1.76. The maximum absolute atomic E-state index is 12.7. The maximum Gasteiger partial charge on any atom is 0.509 e. The predicted molar refractivity (Wildman–Crippen MR) is 71.1 cm³/mol. The molecule has 0 radical (unpaired) electrons. The predicted octanol–water partition coefficient (Wildman–Crippen LogP) is 3.21. The Balaban J connectivity index is 1.60. The van der Waals surface area contributed by atoms with Crippen LogP contribution in [-0.2, 0) is 22.2 Å². The van der Waals surface area contributed by atoms with Gasteiger partial charge in [-0.2, -0.15) is 13.2 Å². The minimum absolute atomic E-state index is 0.267. The highest BCUT2D eigenvalue weighted by Crippen LogP contribution is 2.33. The molecule has 1 aromatic rings. The second-order valence-corrected chi connectivity index (χ2v) is 5.80. The molecule has 0 saturated carbocycles. The van der Waals surface area contributed by atoms with Gasteiger partial charge < -0.3 is 9.47 Å². The average Bonchev–Trinajstić information content (AvgIpc) is 2.82. The van der Waals surface area contributed by atoms with Crippen LogP contribution < -0.4 is 0 Å². The summed E-state index contributed by atoms with van der Waals surface area (Å²) in [6, 6.07) is 5.38. The molecule has 0 bridgehead atoms. The number of piperidine rings is 1. The molecule has 0 atom stereocenters. The van der Waals surface area contributed by atoms with Gasteiger partial charge in [0.1, 0.15) is 6.61 Å². The largest absolute Gasteiger partial charge is 0.509 e. The van der Waals surface area contributed by atoms with Crippen LogP contribution in [0.15, 0.2) is 24.3 Å². The van der Waals surface area contributed by atoms with E-state index in [-0.39, 0.29) is 6.61 Å². The van der Waals surface area contributed by atoms with E-state index in [9.17, 15) is 18.0 Å². The Morgan fingerprint density at radius 1 is 1.23 bits per heavy atom. The third kappa shape index (κ3) is 3.19. The molecule has 1 spiro atoms. The zero-order chi connectivity index (χ0) is 15.8. The highest BCUT2D eigenvalue weighted by atomic mass is 19.4. The lowest BCUT2D eigenvalue weighted by Gasteiger charge is -2.36. The van der Waals surface area contributed by atoms with Gasteiger partial charge in [0.2, 0.25) is 0 Å². The van der Waals surface area contributed by atoms with Crippen molar-refractivity contribution in [2.75, 3.05) is 19.7 Å². The Bertz CT molecular complexity index is 565. The zero-order valence-electron chi connectivity index (χ0n) is 11.9. The molecule has 2 aliphatic heterocycles. The molecule has 0 amide bonds. The van der Waals surface area contributed by atoms with Gasteiger partial charge in [0.25, 0.3) is 0 Å². The van der Waals surface area contributed by atoms with Gasteiger partial charge in [-0.3, -0.25) is 4.90 Å². The first-order valence-corrected chi connectivity index (χ1v) is 7.11. The minimum Gasteiger partial charge on any atom is -0.430 e. The molecule has 7 heteroatoms. The number of ether oxygens (including phenoxy) is 2. The van der Waals surface area contributed by atoms with Crippen LogP contribution in [0.2, 0.25) is 0 Å². The number of halogens is 3. The van der Waals surface area contributed by atoms with E-state index < -0.39 is 23.5 Å². The highest BCUT2D eigenvalue weighted by Gasteiger charge is 2.44. The molecule has 2 heterocycles. The SMILES string of the molecule is O=C1OCC2(CCN(Cc3cccc(C(F)(F)F)c3)CC2)O1. The summed E-state index contributed by atoms with van der Waals surface area (Å²) in [5.41, 5.74) is -0.538. The van der Waals surface area contributed by atoms with E-state index in [4.69, 9.17) is 9.47 Å². The van der Waals surface area contributed by atoms with Gasteiger partial charge in [0, 0.05) is 32.5 Å². The third-order valence-corrected chi connectivity index (χ3v) is 4.18. The second kappa shape index (κ2) is 5.46. The van der Waals surface area contributed by atoms with Crippen molar-refractivity contribution in [3.05, 3.63) is 35.4 Å². The number of nitrogens with zero attached hydrogens (tertiary/aromatic N) is 1. The van der Waals surface area contributed by atoms with Crippen molar-refractivity contribution >= 4 is 6.16 Å². The monoisotopic (exact) mass is 315 g/mol. The summed E-state index contributed by atoms with van der Waals surface area (Å²) in [7, 11) is 0. The zero-order valence-corrected chi connectivity index (χ0v) is 11.9. The number of hydrogen-bond donors (Lipinski definition) is 0. The van der Waals surface area contributed by atoms with Gasteiger partial charge in [-0.05, 0) is 11.6 Å². The number of rotatable bonds is 2. The Morgan fingerprint density at radius 2 is 1.95 bits per heavy atom. The molecule has 0 unspecified atom stereocenters. The number of hydrogen-bond acceptors (Lipinski definition) is 4. The summed E-state index contributed by atoms with van der Waals surface area (Å²) < 4.78 is 48.2. The molecule has 4 nitrogen and oxygen atoms in total. The van der Waals surface area contributed by atoms with Gasteiger partial charge in [-0.25, -0.2) is 4.79 Å². The summed E-state index contributed by atoms with van der Waals surface area (Å²) >= 11 is 0. The molecule has 1 aromatic carbocycles. The molecule has 0 aliphatic carbocycles. The highest BCUT2D eigenvalue weighted by molar-refractivity contribution is 5.62.